The molecular formula is C27H35Cl2N3O5S. The van der Waals surface area contributed by atoms with Crippen molar-refractivity contribution in [3.05, 3.63) is 58.1 Å². The third-order valence-corrected chi connectivity index (χ3v) is 8.54. The minimum Gasteiger partial charge on any atom is -0.495 e. The van der Waals surface area contributed by atoms with Crippen molar-refractivity contribution in [1.29, 1.82) is 0 Å². The van der Waals surface area contributed by atoms with E-state index < -0.39 is 28.5 Å². The van der Waals surface area contributed by atoms with E-state index in [1.165, 1.54) is 30.2 Å². The van der Waals surface area contributed by atoms with Crippen molar-refractivity contribution in [2.45, 2.75) is 64.1 Å². The van der Waals surface area contributed by atoms with E-state index in [1.54, 1.807) is 24.3 Å². The van der Waals surface area contributed by atoms with Gasteiger partial charge in [-0.05, 0) is 49.1 Å². The Balaban J connectivity index is 1.94. The predicted molar refractivity (Wildman–Crippen MR) is 151 cm³/mol. The Labute approximate surface area is 235 Å². The Morgan fingerprint density at radius 1 is 1.08 bits per heavy atom. The molecule has 1 atom stereocenters. The smallest absolute Gasteiger partial charge is 0.244 e. The van der Waals surface area contributed by atoms with Crippen LogP contribution in [0.25, 0.3) is 0 Å². The first kappa shape index (κ1) is 30.1. The number of nitrogens with zero attached hydrogens (tertiary/aromatic N) is 2. The van der Waals surface area contributed by atoms with Crippen LogP contribution in [0.15, 0.2) is 42.5 Å². The van der Waals surface area contributed by atoms with Crippen LogP contribution in [0.5, 0.6) is 5.75 Å². The number of rotatable bonds is 11. The molecule has 1 N–H and O–H groups in total. The maximum absolute atomic E-state index is 13.8. The highest BCUT2D eigenvalue weighted by molar-refractivity contribution is 7.92. The molecule has 2 amide bonds. The molecule has 2 aromatic carbocycles. The Kier molecular flexibility index (Phi) is 10.7. The first-order chi connectivity index (χ1) is 18.0. The zero-order valence-electron chi connectivity index (χ0n) is 22.0. The summed E-state index contributed by atoms with van der Waals surface area (Å²) in [6.45, 7) is 1.37. The third-order valence-electron chi connectivity index (χ3n) is 6.74. The highest BCUT2D eigenvalue weighted by atomic mass is 35.5. The topological polar surface area (TPSA) is 96.0 Å². The van der Waals surface area contributed by atoms with Crippen LogP contribution in [-0.4, -0.2) is 57.1 Å². The van der Waals surface area contributed by atoms with E-state index in [2.05, 4.69) is 5.32 Å². The standard InChI is InChI=1S/C27H35Cl2N3O5S/c1-4-24(27(34)30-20-11-6-5-7-12-20)31(17-19-10-8-9-13-22(19)28)26(33)18-32(38(3,35)36)21-14-15-25(37-2)23(29)16-21/h8-10,13-16,20,24H,4-7,11-12,17-18H2,1-3H3,(H,30,34)/t24-/m1/s1. The summed E-state index contributed by atoms with van der Waals surface area (Å²) < 4.78 is 31.7. The average molecular weight is 585 g/mol. The number of amides is 2. The molecule has 0 aliphatic heterocycles. The molecule has 0 bridgehead atoms. The summed E-state index contributed by atoms with van der Waals surface area (Å²) in [7, 11) is -2.43. The molecule has 208 valence electrons. The van der Waals surface area contributed by atoms with Gasteiger partial charge in [0.2, 0.25) is 21.8 Å². The number of carbonyl (C=O) groups excluding carboxylic acids is 2. The fraction of sp³-hybridized carbons (Fsp3) is 0.481. The van der Waals surface area contributed by atoms with Gasteiger partial charge in [-0.25, -0.2) is 8.42 Å². The van der Waals surface area contributed by atoms with Crippen LogP contribution >= 0.6 is 23.2 Å². The first-order valence-electron chi connectivity index (χ1n) is 12.7. The molecule has 1 aliphatic carbocycles. The molecule has 1 aliphatic rings. The highest BCUT2D eigenvalue weighted by Crippen LogP contribution is 2.30. The largest absolute Gasteiger partial charge is 0.495 e. The summed E-state index contributed by atoms with van der Waals surface area (Å²) >= 11 is 12.7. The molecule has 38 heavy (non-hydrogen) atoms. The van der Waals surface area contributed by atoms with E-state index >= 15 is 0 Å². The van der Waals surface area contributed by atoms with Crippen molar-refractivity contribution in [1.82, 2.24) is 10.2 Å². The zero-order chi connectivity index (χ0) is 27.9. The van der Waals surface area contributed by atoms with E-state index in [4.69, 9.17) is 27.9 Å². The zero-order valence-corrected chi connectivity index (χ0v) is 24.3. The molecule has 0 aromatic heterocycles. The molecule has 3 rings (SSSR count). The SMILES string of the molecule is CC[C@H](C(=O)NC1CCCCC1)N(Cc1ccccc1Cl)C(=O)CN(c1ccc(OC)c(Cl)c1)S(C)(=O)=O. The first-order valence-corrected chi connectivity index (χ1v) is 15.3. The molecule has 8 nitrogen and oxygen atoms in total. The Bertz CT molecular complexity index is 1230. The van der Waals surface area contributed by atoms with Crippen LogP contribution in [0.1, 0.15) is 51.0 Å². The normalized spacial score (nSPS) is 15.0. The lowest BCUT2D eigenvalue weighted by molar-refractivity contribution is -0.140. The average Bonchev–Trinajstić information content (AvgIpc) is 2.88. The predicted octanol–water partition coefficient (Wildman–Crippen LogP) is 5.02. The van der Waals surface area contributed by atoms with E-state index in [-0.39, 0.29) is 29.2 Å². The van der Waals surface area contributed by atoms with E-state index in [1.807, 2.05) is 6.92 Å². The number of hydrogen-bond acceptors (Lipinski definition) is 5. The fourth-order valence-corrected chi connectivity index (χ4v) is 5.99. The number of nitrogens with one attached hydrogen (secondary N) is 1. The van der Waals surface area contributed by atoms with Gasteiger partial charge in [0.25, 0.3) is 0 Å². The lowest BCUT2D eigenvalue weighted by atomic mass is 9.95. The monoisotopic (exact) mass is 583 g/mol. The van der Waals surface area contributed by atoms with E-state index in [0.717, 1.165) is 42.7 Å². The summed E-state index contributed by atoms with van der Waals surface area (Å²) in [5.74, 6) is -0.410. The minimum absolute atomic E-state index is 0.0517. The third kappa shape index (κ3) is 7.77. The summed E-state index contributed by atoms with van der Waals surface area (Å²) in [4.78, 5) is 28.7. The summed E-state index contributed by atoms with van der Waals surface area (Å²) in [6.07, 6.45) is 6.43. The maximum Gasteiger partial charge on any atom is 0.244 e. The highest BCUT2D eigenvalue weighted by Gasteiger charge is 2.33. The fourth-order valence-electron chi connectivity index (χ4n) is 4.70. The number of sulfonamides is 1. The molecule has 2 aromatic rings. The number of methoxy groups -OCH3 is 1. The molecule has 0 unspecified atom stereocenters. The van der Waals surface area contributed by atoms with Gasteiger partial charge in [-0.3, -0.25) is 13.9 Å². The van der Waals surface area contributed by atoms with Gasteiger partial charge < -0.3 is 15.0 Å². The van der Waals surface area contributed by atoms with Crippen molar-refractivity contribution < 1.29 is 22.7 Å². The Hall–Kier alpha value is -2.49. The second-order valence-corrected chi connectivity index (χ2v) is 12.2. The number of benzene rings is 2. The van der Waals surface area contributed by atoms with Crippen LogP contribution < -0.4 is 14.4 Å². The second kappa shape index (κ2) is 13.5. The van der Waals surface area contributed by atoms with Crippen molar-refractivity contribution in [3.8, 4) is 5.75 Å². The van der Waals surface area contributed by atoms with Gasteiger partial charge in [-0.1, -0.05) is 67.6 Å². The van der Waals surface area contributed by atoms with E-state index in [9.17, 15) is 18.0 Å². The van der Waals surface area contributed by atoms with Crippen LogP contribution in [0.3, 0.4) is 0 Å². The van der Waals surface area contributed by atoms with Crippen LogP contribution in [0, 0.1) is 0 Å². The van der Waals surface area contributed by atoms with Crippen LogP contribution in [0.4, 0.5) is 5.69 Å². The van der Waals surface area contributed by atoms with Gasteiger partial charge in [0.05, 0.1) is 24.1 Å². The summed E-state index contributed by atoms with van der Waals surface area (Å²) in [5.41, 5.74) is 0.869. The Morgan fingerprint density at radius 3 is 2.34 bits per heavy atom. The van der Waals surface area contributed by atoms with Gasteiger partial charge in [0, 0.05) is 17.6 Å². The molecule has 0 heterocycles. The summed E-state index contributed by atoms with van der Waals surface area (Å²) in [5, 5.41) is 3.77. The van der Waals surface area contributed by atoms with Gasteiger partial charge >= 0.3 is 0 Å². The Morgan fingerprint density at radius 2 is 1.76 bits per heavy atom. The van der Waals surface area contributed by atoms with Gasteiger partial charge in [0.1, 0.15) is 18.3 Å². The van der Waals surface area contributed by atoms with Crippen molar-refractivity contribution in [2.75, 3.05) is 24.2 Å². The maximum atomic E-state index is 13.8. The van der Waals surface area contributed by atoms with Crippen LogP contribution in [0.2, 0.25) is 10.0 Å². The van der Waals surface area contributed by atoms with Crippen molar-refractivity contribution >= 4 is 50.7 Å². The number of carbonyl (C=O) groups is 2. The van der Waals surface area contributed by atoms with Crippen molar-refractivity contribution in [3.63, 3.8) is 0 Å². The van der Waals surface area contributed by atoms with Crippen LogP contribution in [-0.2, 0) is 26.2 Å². The minimum atomic E-state index is -3.88. The number of anilines is 1. The van der Waals surface area contributed by atoms with Gasteiger partial charge in [0.15, 0.2) is 0 Å². The van der Waals surface area contributed by atoms with Gasteiger partial charge in [-0.15, -0.1) is 0 Å². The number of halogens is 2. The molecule has 0 saturated heterocycles. The summed E-state index contributed by atoms with van der Waals surface area (Å²) in [6, 6.07) is 10.8. The number of hydrogen-bond donors (Lipinski definition) is 1. The van der Waals surface area contributed by atoms with Crippen molar-refractivity contribution in [2.24, 2.45) is 0 Å². The molecule has 1 fully saturated rings. The lowest BCUT2D eigenvalue weighted by Crippen LogP contribution is -2.54. The molecule has 1 saturated carbocycles. The van der Waals surface area contributed by atoms with E-state index in [0.29, 0.717) is 22.8 Å². The molecule has 0 radical (unpaired) electrons. The lowest BCUT2D eigenvalue weighted by Gasteiger charge is -2.34. The second-order valence-electron chi connectivity index (χ2n) is 9.47. The molecule has 0 spiro atoms. The van der Waals surface area contributed by atoms with Gasteiger partial charge in [-0.2, -0.15) is 0 Å². The number of ether oxygens (including phenoxy) is 1. The molecular weight excluding hydrogens is 549 g/mol. The molecule has 11 heteroatoms. The quantitative estimate of drug-likeness (QED) is 0.400.